The molecule has 0 N–H and O–H groups in total. The molecule has 0 spiro atoms. The van der Waals surface area contributed by atoms with Crippen LogP contribution in [0.5, 0.6) is 0 Å². The van der Waals surface area contributed by atoms with Crippen molar-refractivity contribution in [2.45, 2.75) is 52.0 Å². The standard InChI is InChI=1S/C17H21NO10/c1-5-24-17(21)11-6-12(26-8(11)2)15-16(28-10(4)20)14(18(22)23)13(7-25-15)27-9(3)19/h6,13-16H,5,7H2,1-4H3/t13-,14+,15+,16-/m1/s1. The Hall–Kier alpha value is -2.95. The second kappa shape index (κ2) is 8.83. The SMILES string of the molecule is CCOC(=O)c1cc([C@@H]2OC[C@@H](OC(C)=O)[C@H]([N+](=O)[O-])[C@H]2OC(C)=O)oc1C. The summed E-state index contributed by atoms with van der Waals surface area (Å²) < 4.78 is 26.1. The minimum atomic E-state index is -1.58. The zero-order valence-electron chi connectivity index (χ0n) is 15.8. The first-order valence-corrected chi connectivity index (χ1v) is 8.52. The lowest BCUT2D eigenvalue weighted by atomic mass is 9.95. The highest BCUT2D eigenvalue weighted by Gasteiger charge is 2.53. The maximum atomic E-state index is 12.0. The Morgan fingerprint density at radius 2 is 1.89 bits per heavy atom. The van der Waals surface area contributed by atoms with Gasteiger partial charge in [-0.15, -0.1) is 0 Å². The van der Waals surface area contributed by atoms with Crippen LogP contribution in [-0.2, 0) is 28.5 Å². The van der Waals surface area contributed by atoms with Crippen LogP contribution >= 0.6 is 0 Å². The molecule has 11 nitrogen and oxygen atoms in total. The van der Waals surface area contributed by atoms with Gasteiger partial charge in [-0.3, -0.25) is 19.7 Å². The van der Waals surface area contributed by atoms with Crippen LogP contribution in [-0.4, -0.2) is 54.3 Å². The van der Waals surface area contributed by atoms with Crippen molar-refractivity contribution >= 4 is 17.9 Å². The molecule has 1 aromatic rings. The number of carbonyl (C=O) groups is 3. The number of nitrogens with zero attached hydrogens (tertiary/aromatic N) is 1. The monoisotopic (exact) mass is 399 g/mol. The lowest BCUT2D eigenvalue weighted by Crippen LogP contribution is -2.56. The second-order valence-electron chi connectivity index (χ2n) is 6.09. The van der Waals surface area contributed by atoms with Crippen molar-refractivity contribution in [1.82, 2.24) is 0 Å². The number of ether oxygens (including phenoxy) is 4. The average molecular weight is 399 g/mol. The van der Waals surface area contributed by atoms with E-state index in [1.165, 1.54) is 13.0 Å². The summed E-state index contributed by atoms with van der Waals surface area (Å²) in [6.07, 6.45) is -3.87. The third kappa shape index (κ3) is 4.66. The Balaban J connectivity index is 2.41. The maximum absolute atomic E-state index is 12.0. The van der Waals surface area contributed by atoms with Gasteiger partial charge in [-0.05, 0) is 19.9 Å². The smallest absolute Gasteiger partial charge is 0.341 e. The Morgan fingerprint density at radius 1 is 1.25 bits per heavy atom. The van der Waals surface area contributed by atoms with Crippen molar-refractivity contribution in [2.24, 2.45) is 0 Å². The highest BCUT2D eigenvalue weighted by molar-refractivity contribution is 5.90. The van der Waals surface area contributed by atoms with Crippen LogP contribution in [0.2, 0.25) is 0 Å². The number of nitro groups is 1. The van der Waals surface area contributed by atoms with E-state index in [0.29, 0.717) is 0 Å². The summed E-state index contributed by atoms with van der Waals surface area (Å²) in [5.74, 6) is -1.88. The fourth-order valence-electron chi connectivity index (χ4n) is 2.98. The molecule has 2 rings (SSSR count). The second-order valence-corrected chi connectivity index (χ2v) is 6.09. The first kappa shape index (κ1) is 21.4. The largest absolute Gasteiger partial charge is 0.463 e. The molecule has 0 aromatic carbocycles. The Morgan fingerprint density at radius 3 is 2.43 bits per heavy atom. The van der Waals surface area contributed by atoms with Crippen LogP contribution in [0.25, 0.3) is 0 Å². The molecule has 1 aliphatic heterocycles. The Labute approximate surface area is 160 Å². The summed E-state index contributed by atoms with van der Waals surface area (Å²) >= 11 is 0. The fourth-order valence-corrected chi connectivity index (χ4v) is 2.98. The van der Waals surface area contributed by atoms with Crippen molar-refractivity contribution in [3.8, 4) is 0 Å². The molecular formula is C17H21NO10. The molecule has 0 bridgehead atoms. The van der Waals surface area contributed by atoms with Gasteiger partial charge in [0, 0.05) is 18.8 Å². The number of esters is 3. The summed E-state index contributed by atoms with van der Waals surface area (Å²) in [6.45, 7) is 5.19. The number of hydrogen-bond donors (Lipinski definition) is 0. The van der Waals surface area contributed by atoms with E-state index in [9.17, 15) is 24.5 Å². The summed E-state index contributed by atoms with van der Waals surface area (Å²) in [5, 5.41) is 11.6. The van der Waals surface area contributed by atoms with Crippen LogP contribution in [0.1, 0.15) is 48.8 Å². The molecule has 0 radical (unpaired) electrons. The zero-order valence-corrected chi connectivity index (χ0v) is 15.8. The van der Waals surface area contributed by atoms with Crippen molar-refractivity contribution in [3.63, 3.8) is 0 Å². The molecule has 4 atom stereocenters. The van der Waals surface area contributed by atoms with Gasteiger partial charge in [0.25, 0.3) is 6.04 Å². The van der Waals surface area contributed by atoms with Crippen molar-refractivity contribution in [2.75, 3.05) is 13.2 Å². The van der Waals surface area contributed by atoms with E-state index in [1.54, 1.807) is 6.92 Å². The zero-order chi connectivity index (χ0) is 21.0. The van der Waals surface area contributed by atoms with E-state index in [2.05, 4.69) is 0 Å². The van der Waals surface area contributed by atoms with Crippen LogP contribution in [0.4, 0.5) is 0 Å². The fraction of sp³-hybridized carbons (Fsp3) is 0.588. The molecule has 1 saturated heterocycles. The molecular weight excluding hydrogens is 378 g/mol. The van der Waals surface area contributed by atoms with Crippen LogP contribution in [0, 0.1) is 17.0 Å². The van der Waals surface area contributed by atoms with E-state index < -0.39 is 47.2 Å². The minimum Gasteiger partial charge on any atom is -0.463 e. The summed E-state index contributed by atoms with van der Waals surface area (Å²) in [5.41, 5.74) is 0.127. The van der Waals surface area contributed by atoms with E-state index >= 15 is 0 Å². The van der Waals surface area contributed by atoms with Crippen LogP contribution < -0.4 is 0 Å². The van der Waals surface area contributed by atoms with Gasteiger partial charge in [0.1, 0.15) is 17.1 Å². The van der Waals surface area contributed by atoms with E-state index in [0.717, 1.165) is 13.8 Å². The van der Waals surface area contributed by atoms with Gasteiger partial charge in [-0.2, -0.15) is 0 Å². The summed E-state index contributed by atoms with van der Waals surface area (Å²) in [6, 6.07) is -0.250. The quantitative estimate of drug-likeness (QED) is 0.297. The highest BCUT2D eigenvalue weighted by Crippen LogP contribution is 2.35. The molecule has 1 aliphatic rings. The third-order valence-electron chi connectivity index (χ3n) is 4.03. The normalized spacial score (nSPS) is 24.3. The van der Waals surface area contributed by atoms with E-state index in [4.69, 9.17) is 23.4 Å². The molecule has 28 heavy (non-hydrogen) atoms. The van der Waals surface area contributed by atoms with Gasteiger partial charge < -0.3 is 23.4 Å². The molecule has 2 heterocycles. The Bertz CT molecular complexity index is 770. The minimum absolute atomic E-state index is 0.0555. The number of furan rings is 1. The van der Waals surface area contributed by atoms with Gasteiger partial charge in [0.05, 0.1) is 13.2 Å². The molecule has 154 valence electrons. The van der Waals surface area contributed by atoms with E-state index in [-0.39, 0.29) is 30.3 Å². The predicted octanol–water partition coefficient (Wildman–Crippen LogP) is 1.34. The summed E-state index contributed by atoms with van der Waals surface area (Å²) in [4.78, 5) is 45.7. The first-order chi connectivity index (χ1) is 13.1. The predicted molar refractivity (Wildman–Crippen MR) is 90.0 cm³/mol. The van der Waals surface area contributed by atoms with Crippen molar-refractivity contribution in [1.29, 1.82) is 0 Å². The lowest BCUT2D eigenvalue weighted by Gasteiger charge is -2.35. The summed E-state index contributed by atoms with van der Waals surface area (Å²) in [7, 11) is 0. The number of aryl methyl sites for hydroxylation is 1. The van der Waals surface area contributed by atoms with Gasteiger partial charge in [-0.25, -0.2) is 4.79 Å². The molecule has 11 heteroatoms. The van der Waals surface area contributed by atoms with Crippen molar-refractivity contribution < 1.29 is 42.7 Å². The maximum Gasteiger partial charge on any atom is 0.341 e. The molecule has 1 aromatic heterocycles. The molecule has 1 fully saturated rings. The number of rotatable bonds is 6. The van der Waals surface area contributed by atoms with Crippen LogP contribution in [0.3, 0.4) is 0 Å². The van der Waals surface area contributed by atoms with Gasteiger partial charge in [-0.1, -0.05) is 0 Å². The molecule has 0 aliphatic carbocycles. The average Bonchev–Trinajstić information content (AvgIpc) is 2.95. The van der Waals surface area contributed by atoms with Gasteiger partial charge >= 0.3 is 17.9 Å². The molecule has 0 saturated carbocycles. The van der Waals surface area contributed by atoms with Gasteiger partial charge in [0.2, 0.25) is 6.10 Å². The molecule has 0 unspecified atom stereocenters. The topological polar surface area (TPSA) is 144 Å². The third-order valence-corrected chi connectivity index (χ3v) is 4.03. The van der Waals surface area contributed by atoms with Gasteiger partial charge in [0.15, 0.2) is 12.2 Å². The van der Waals surface area contributed by atoms with Crippen LogP contribution in [0.15, 0.2) is 10.5 Å². The highest BCUT2D eigenvalue weighted by atomic mass is 16.7. The number of carbonyl (C=O) groups excluding carboxylic acids is 3. The van der Waals surface area contributed by atoms with Crippen molar-refractivity contribution in [3.05, 3.63) is 33.3 Å². The Kier molecular flexibility index (Phi) is 6.73. The van der Waals surface area contributed by atoms with E-state index in [1.807, 2.05) is 0 Å². The number of hydrogen-bond acceptors (Lipinski definition) is 10. The lowest BCUT2D eigenvalue weighted by molar-refractivity contribution is -0.555. The molecule has 0 amide bonds. The first-order valence-electron chi connectivity index (χ1n) is 8.52.